The van der Waals surface area contributed by atoms with Crippen molar-refractivity contribution < 1.29 is 13.9 Å². The Labute approximate surface area is 138 Å². The number of nitrogens with one attached hydrogen (secondary N) is 1. The summed E-state index contributed by atoms with van der Waals surface area (Å²) >= 11 is 0. The third-order valence-electron chi connectivity index (χ3n) is 3.81. The Balaban J connectivity index is 1.83. The van der Waals surface area contributed by atoms with Crippen LogP contribution >= 0.6 is 0 Å². The lowest BCUT2D eigenvalue weighted by molar-refractivity contribution is 0.102. The molecule has 24 heavy (non-hydrogen) atoms. The van der Waals surface area contributed by atoms with Crippen LogP contribution in [0.5, 0.6) is 0 Å². The SMILES string of the molecule is Cc1nc(N2CCOCC2)nc(C)c1NC(=O)c1ccncc1F. The zero-order chi connectivity index (χ0) is 17.1. The normalized spacial score (nSPS) is 14.5. The molecule has 0 aliphatic carbocycles. The monoisotopic (exact) mass is 331 g/mol. The fourth-order valence-electron chi connectivity index (χ4n) is 2.52. The number of carbonyl (C=O) groups excluding carboxylic acids is 1. The molecule has 0 unspecified atom stereocenters. The first-order chi connectivity index (χ1) is 11.6. The van der Waals surface area contributed by atoms with Gasteiger partial charge in [0.2, 0.25) is 5.95 Å². The average Bonchev–Trinajstić information content (AvgIpc) is 2.59. The summed E-state index contributed by atoms with van der Waals surface area (Å²) < 4.78 is 19.0. The maximum atomic E-state index is 13.7. The van der Waals surface area contributed by atoms with Crippen molar-refractivity contribution >= 4 is 17.5 Å². The van der Waals surface area contributed by atoms with E-state index in [2.05, 4.69) is 20.3 Å². The van der Waals surface area contributed by atoms with Crippen LogP contribution in [-0.2, 0) is 4.74 Å². The second-order valence-corrected chi connectivity index (χ2v) is 5.48. The van der Waals surface area contributed by atoms with Crippen LogP contribution in [0.3, 0.4) is 0 Å². The van der Waals surface area contributed by atoms with Gasteiger partial charge in [-0.1, -0.05) is 0 Å². The predicted molar refractivity (Wildman–Crippen MR) is 86.7 cm³/mol. The van der Waals surface area contributed by atoms with E-state index in [1.165, 1.54) is 12.3 Å². The van der Waals surface area contributed by atoms with Gasteiger partial charge in [-0.25, -0.2) is 14.4 Å². The van der Waals surface area contributed by atoms with Crippen LogP contribution < -0.4 is 10.2 Å². The van der Waals surface area contributed by atoms with Gasteiger partial charge in [0, 0.05) is 19.3 Å². The molecule has 1 aliphatic rings. The summed E-state index contributed by atoms with van der Waals surface area (Å²) in [6.07, 6.45) is 2.38. The third-order valence-corrected chi connectivity index (χ3v) is 3.81. The van der Waals surface area contributed by atoms with E-state index in [9.17, 15) is 9.18 Å². The van der Waals surface area contributed by atoms with Crippen LogP contribution in [0.15, 0.2) is 18.5 Å². The number of halogens is 1. The maximum absolute atomic E-state index is 13.7. The molecule has 1 saturated heterocycles. The predicted octanol–water partition coefficient (Wildman–Crippen LogP) is 1.72. The Morgan fingerprint density at radius 3 is 2.54 bits per heavy atom. The molecule has 0 radical (unpaired) electrons. The van der Waals surface area contributed by atoms with E-state index < -0.39 is 11.7 Å². The highest BCUT2D eigenvalue weighted by atomic mass is 19.1. The summed E-state index contributed by atoms with van der Waals surface area (Å²) in [5, 5.41) is 2.69. The van der Waals surface area contributed by atoms with Gasteiger partial charge in [-0.2, -0.15) is 0 Å². The zero-order valence-corrected chi connectivity index (χ0v) is 13.5. The number of anilines is 2. The van der Waals surface area contributed by atoms with Crippen molar-refractivity contribution in [3.63, 3.8) is 0 Å². The number of hydrogen-bond donors (Lipinski definition) is 1. The standard InChI is InChI=1S/C16H18FN5O2/c1-10-14(21-15(23)12-3-4-18-9-13(12)17)11(2)20-16(19-10)22-5-7-24-8-6-22/h3-4,9H,5-8H2,1-2H3,(H,21,23). The molecular weight excluding hydrogens is 313 g/mol. The summed E-state index contributed by atoms with van der Waals surface area (Å²) in [6.45, 7) is 6.32. The molecular formula is C16H18FN5O2. The Morgan fingerprint density at radius 2 is 1.92 bits per heavy atom. The molecule has 7 nitrogen and oxygen atoms in total. The van der Waals surface area contributed by atoms with E-state index in [1.807, 2.05) is 4.90 Å². The lowest BCUT2D eigenvalue weighted by Crippen LogP contribution is -2.37. The molecule has 8 heteroatoms. The minimum absolute atomic E-state index is 0.0685. The number of rotatable bonds is 3. The van der Waals surface area contributed by atoms with Crippen LogP contribution in [0.1, 0.15) is 21.7 Å². The molecule has 126 valence electrons. The van der Waals surface area contributed by atoms with Gasteiger partial charge in [0.1, 0.15) is 0 Å². The van der Waals surface area contributed by atoms with Crippen molar-refractivity contribution in [2.75, 3.05) is 36.5 Å². The van der Waals surface area contributed by atoms with Gasteiger partial charge in [0.15, 0.2) is 5.82 Å². The average molecular weight is 331 g/mol. The summed E-state index contributed by atoms with van der Waals surface area (Å²) in [6, 6.07) is 1.33. The number of pyridine rings is 1. The summed E-state index contributed by atoms with van der Waals surface area (Å²) in [5.41, 5.74) is 1.69. The molecule has 0 saturated carbocycles. The van der Waals surface area contributed by atoms with E-state index in [-0.39, 0.29) is 5.56 Å². The Hall–Kier alpha value is -2.61. The molecule has 2 aromatic rings. The van der Waals surface area contributed by atoms with Crippen molar-refractivity contribution in [1.82, 2.24) is 15.0 Å². The lowest BCUT2D eigenvalue weighted by atomic mass is 10.2. The third kappa shape index (κ3) is 3.33. The fraction of sp³-hybridized carbons (Fsp3) is 0.375. The van der Waals surface area contributed by atoms with Crippen LogP contribution in [0.25, 0.3) is 0 Å². The smallest absolute Gasteiger partial charge is 0.258 e. The fourth-order valence-corrected chi connectivity index (χ4v) is 2.52. The van der Waals surface area contributed by atoms with Crippen LogP contribution in [0, 0.1) is 19.7 Å². The summed E-state index contributed by atoms with van der Waals surface area (Å²) in [5.74, 6) is -0.610. The first-order valence-corrected chi connectivity index (χ1v) is 7.65. The van der Waals surface area contributed by atoms with Crippen molar-refractivity contribution in [3.05, 3.63) is 41.2 Å². The number of morpholine rings is 1. The van der Waals surface area contributed by atoms with Gasteiger partial charge in [0.25, 0.3) is 5.91 Å². The van der Waals surface area contributed by atoms with Crippen molar-refractivity contribution in [2.24, 2.45) is 0 Å². The molecule has 1 N–H and O–H groups in total. The van der Waals surface area contributed by atoms with Crippen molar-refractivity contribution in [2.45, 2.75) is 13.8 Å². The number of hydrogen-bond acceptors (Lipinski definition) is 6. The Kier molecular flexibility index (Phi) is 4.66. The van der Waals surface area contributed by atoms with E-state index in [4.69, 9.17) is 4.74 Å². The molecule has 0 bridgehead atoms. The first kappa shape index (κ1) is 16.3. The van der Waals surface area contributed by atoms with Crippen LogP contribution in [0.4, 0.5) is 16.0 Å². The quantitative estimate of drug-likeness (QED) is 0.922. The number of nitrogens with zero attached hydrogens (tertiary/aromatic N) is 4. The highest BCUT2D eigenvalue weighted by molar-refractivity contribution is 6.04. The van der Waals surface area contributed by atoms with E-state index in [1.54, 1.807) is 13.8 Å². The molecule has 1 aliphatic heterocycles. The number of aromatic nitrogens is 3. The Morgan fingerprint density at radius 1 is 1.25 bits per heavy atom. The molecule has 0 aromatic carbocycles. The molecule has 0 spiro atoms. The molecule has 1 fully saturated rings. The number of amides is 1. The molecule has 3 rings (SSSR count). The van der Waals surface area contributed by atoms with Gasteiger partial charge in [-0.05, 0) is 19.9 Å². The molecule has 3 heterocycles. The minimum atomic E-state index is -0.670. The number of carbonyl (C=O) groups is 1. The van der Waals surface area contributed by atoms with Crippen LogP contribution in [0.2, 0.25) is 0 Å². The molecule has 0 atom stereocenters. The summed E-state index contributed by atoms with van der Waals surface area (Å²) in [4.78, 5) is 26.9. The van der Waals surface area contributed by atoms with Crippen LogP contribution in [-0.4, -0.2) is 47.2 Å². The Bertz CT molecular complexity index is 739. The number of aryl methyl sites for hydroxylation is 2. The highest BCUT2D eigenvalue weighted by Crippen LogP contribution is 2.22. The molecule has 2 aromatic heterocycles. The largest absolute Gasteiger partial charge is 0.378 e. The molecule has 1 amide bonds. The highest BCUT2D eigenvalue weighted by Gasteiger charge is 2.19. The lowest BCUT2D eigenvalue weighted by Gasteiger charge is -2.27. The minimum Gasteiger partial charge on any atom is -0.378 e. The van der Waals surface area contributed by atoms with Crippen molar-refractivity contribution in [1.29, 1.82) is 0 Å². The summed E-state index contributed by atoms with van der Waals surface area (Å²) in [7, 11) is 0. The van der Waals surface area contributed by atoms with Gasteiger partial charge >= 0.3 is 0 Å². The topological polar surface area (TPSA) is 80.2 Å². The zero-order valence-electron chi connectivity index (χ0n) is 13.5. The van der Waals surface area contributed by atoms with E-state index in [0.29, 0.717) is 36.2 Å². The van der Waals surface area contributed by atoms with Crippen molar-refractivity contribution in [3.8, 4) is 0 Å². The number of ether oxygens (including phenoxy) is 1. The van der Waals surface area contributed by atoms with Gasteiger partial charge in [-0.15, -0.1) is 0 Å². The van der Waals surface area contributed by atoms with Gasteiger partial charge in [0.05, 0.1) is 42.0 Å². The van der Waals surface area contributed by atoms with E-state index >= 15 is 0 Å². The van der Waals surface area contributed by atoms with Gasteiger partial charge < -0.3 is 15.0 Å². The second kappa shape index (κ2) is 6.88. The maximum Gasteiger partial charge on any atom is 0.258 e. The van der Waals surface area contributed by atoms with E-state index in [0.717, 1.165) is 19.3 Å². The van der Waals surface area contributed by atoms with Gasteiger partial charge in [-0.3, -0.25) is 9.78 Å². The second-order valence-electron chi connectivity index (χ2n) is 5.48. The first-order valence-electron chi connectivity index (χ1n) is 7.65.